The van der Waals surface area contributed by atoms with E-state index in [-0.39, 0.29) is 0 Å². The van der Waals surface area contributed by atoms with E-state index in [1.165, 1.54) is 63.6 Å². The predicted octanol–water partition coefficient (Wildman–Crippen LogP) is 16.4. The minimum Gasteiger partial charge on any atom is -0.278 e. The van der Waals surface area contributed by atoms with E-state index in [1.54, 1.807) is 11.3 Å². The summed E-state index contributed by atoms with van der Waals surface area (Å²) in [5, 5.41) is 5.90. The monoisotopic (exact) mass is 891 g/mol. The van der Waals surface area contributed by atoms with Gasteiger partial charge in [-0.15, -0.1) is 22.7 Å². The molecule has 5 heterocycles. The van der Waals surface area contributed by atoms with E-state index >= 15 is 0 Å². The number of aromatic nitrogens is 5. The van der Waals surface area contributed by atoms with E-state index in [0.29, 0.717) is 5.95 Å². The first kappa shape index (κ1) is 38.2. The van der Waals surface area contributed by atoms with E-state index in [4.69, 9.17) is 19.9 Å². The Balaban J connectivity index is 0.926. The number of aryl methyl sites for hydroxylation is 1. The third-order valence-corrected chi connectivity index (χ3v) is 15.6. The number of hydrogen-bond donors (Lipinski definition) is 0. The molecule has 5 aromatic heterocycles. The molecule has 0 spiro atoms. The first-order chi connectivity index (χ1) is 33.2. The van der Waals surface area contributed by atoms with Crippen LogP contribution in [0.1, 0.15) is 17.5 Å². The topological polar surface area (TPSA) is 56.5 Å². The van der Waals surface area contributed by atoms with Gasteiger partial charge in [0.05, 0.1) is 38.2 Å². The Morgan fingerprint density at radius 2 is 1.07 bits per heavy atom. The van der Waals surface area contributed by atoms with Crippen molar-refractivity contribution in [1.29, 1.82) is 0 Å². The van der Waals surface area contributed by atoms with Crippen molar-refractivity contribution < 1.29 is 0 Å². The van der Waals surface area contributed by atoms with Gasteiger partial charge in [0, 0.05) is 57.9 Å². The van der Waals surface area contributed by atoms with Gasteiger partial charge in [0.25, 0.3) is 0 Å². The molecule has 0 aliphatic heterocycles. The van der Waals surface area contributed by atoms with Gasteiger partial charge in [-0.1, -0.05) is 140 Å². The number of allylic oxidation sites excluding steroid dienone is 1. The summed E-state index contributed by atoms with van der Waals surface area (Å²) in [4.78, 5) is 22.4. The Hall–Kier alpha value is -8.10. The number of thiophene rings is 2. The highest BCUT2D eigenvalue weighted by Crippen LogP contribution is 2.44. The summed E-state index contributed by atoms with van der Waals surface area (Å²) in [6.07, 6.45) is 6.70. The van der Waals surface area contributed by atoms with Crippen LogP contribution in [0.15, 0.2) is 194 Å². The summed E-state index contributed by atoms with van der Waals surface area (Å²) >= 11 is 3.58. The van der Waals surface area contributed by atoms with Crippen molar-refractivity contribution in [3.63, 3.8) is 0 Å². The standard InChI is InChI=1S/C60H37N5S2/c1-4-15-37(16-5-1)54-35-49-58(67-54)57(39-19-8-3-9-20-39)63-59(61-49)42-27-31-53-46(34-42)45-32-41(26-30-52(45)66-53)40-25-28-50-47(33-40)55-43-21-11-10-14-36(43)24-29-51(55)65(50)60-62-48-23-13-12-22-44(48)56(64-60)38-17-6-2-7-18-38/h1-9,11-13,15-35H,10,14H2. The quantitative estimate of drug-likeness (QED) is 0.167. The van der Waals surface area contributed by atoms with E-state index in [0.717, 1.165) is 78.9 Å². The van der Waals surface area contributed by atoms with E-state index in [9.17, 15) is 0 Å². The number of nitrogens with zero attached hydrogens (tertiary/aromatic N) is 5. The number of para-hydroxylation sites is 1. The lowest BCUT2D eigenvalue weighted by atomic mass is 9.92. The van der Waals surface area contributed by atoms with Gasteiger partial charge in [-0.2, -0.15) is 0 Å². The summed E-state index contributed by atoms with van der Waals surface area (Å²) in [6, 6.07) is 67.2. The van der Waals surface area contributed by atoms with Crippen molar-refractivity contribution in [3.05, 3.63) is 205 Å². The number of fused-ring (bicyclic) bond motifs is 10. The van der Waals surface area contributed by atoms with Gasteiger partial charge < -0.3 is 0 Å². The molecule has 0 atom stereocenters. The molecule has 0 fully saturated rings. The van der Waals surface area contributed by atoms with Crippen LogP contribution in [0.2, 0.25) is 0 Å². The zero-order valence-electron chi connectivity index (χ0n) is 36.0. The van der Waals surface area contributed by atoms with E-state index in [1.807, 2.05) is 11.3 Å². The summed E-state index contributed by atoms with van der Waals surface area (Å²) < 4.78 is 5.86. The van der Waals surface area contributed by atoms with Gasteiger partial charge >= 0.3 is 0 Å². The lowest BCUT2D eigenvalue weighted by Crippen LogP contribution is -2.04. The molecule has 14 rings (SSSR count). The van der Waals surface area contributed by atoms with Crippen LogP contribution in [-0.4, -0.2) is 24.5 Å². The molecule has 5 nitrogen and oxygen atoms in total. The Labute approximate surface area is 393 Å². The Kier molecular flexibility index (Phi) is 8.69. The maximum atomic E-state index is 5.37. The molecule has 8 aromatic carbocycles. The average molecular weight is 892 g/mol. The predicted molar refractivity (Wildman–Crippen MR) is 282 cm³/mol. The fourth-order valence-corrected chi connectivity index (χ4v) is 12.3. The number of benzene rings is 8. The van der Waals surface area contributed by atoms with Crippen molar-refractivity contribution in [1.82, 2.24) is 24.5 Å². The first-order valence-electron chi connectivity index (χ1n) is 22.7. The molecule has 13 aromatic rings. The SMILES string of the molecule is C1=Cc2c(ccc3c2c2cc(-c4ccc5sc6ccc(-c7nc(-c8ccccc8)c8sc(-c9ccccc9)cc8n7)cc6c5c4)ccc2n3-c2nc(-c3ccccc3)c3ccccc3n2)CC1. The molecule has 7 heteroatoms. The molecule has 1 aliphatic carbocycles. The Morgan fingerprint density at radius 1 is 0.433 bits per heavy atom. The molecule has 0 radical (unpaired) electrons. The normalized spacial score (nSPS) is 12.6. The molecule has 0 unspecified atom stereocenters. The van der Waals surface area contributed by atoms with Gasteiger partial charge in [0.1, 0.15) is 0 Å². The van der Waals surface area contributed by atoms with Gasteiger partial charge in [0.2, 0.25) is 5.95 Å². The van der Waals surface area contributed by atoms with Crippen molar-refractivity contribution in [2.24, 2.45) is 0 Å². The lowest BCUT2D eigenvalue weighted by molar-refractivity contribution is 0.986. The fourth-order valence-electron chi connectivity index (χ4n) is 10.1. The molecular weight excluding hydrogens is 855 g/mol. The van der Waals surface area contributed by atoms with Crippen molar-refractivity contribution >= 4 is 91.8 Å². The zero-order valence-corrected chi connectivity index (χ0v) is 37.7. The van der Waals surface area contributed by atoms with Gasteiger partial charge in [0.15, 0.2) is 5.82 Å². The van der Waals surface area contributed by atoms with Crippen molar-refractivity contribution in [2.75, 3.05) is 0 Å². The van der Waals surface area contributed by atoms with Crippen molar-refractivity contribution in [3.8, 4) is 61.4 Å². The minimum atomic E-state index is 0.668. The molecule has 0 amide bonds. The molecule has 0 bridgehead atoms. The molecule has 0 saturated carbocycles. The van der Waals surface area contributed by atoms with Crippen molar-refractivity contribution in [2.45, 2.75) is 12.8 Å². The molecule has 314 valence electrons. The van der Waals surface area contributed by atoms with Crippen LogP contribution >= 0.6 is 22.7 Å². The second kappa shape index (κ2) is 15.2. The van der Waals surface area contributed by atoms with Gasteiger partial charge in [-0.3, -0.25) is 4.57 Å². The summed E-state index contributed by atoms with van der Waals surface area (Å²) in [7, 11) is 0. The molecule has 0 saturated heterocycles. The maximum Gasteiger partial charge on any atom is 0.235 e. The lowest BCUT2D eigenvalue weighted by Gasteiger charge is -2.13. The van der Waals surface area contributed by atoms with E-state index in [2.05, 4.69) is 205 Å². The minimum absolute atomic E-state index is 0.668. The van der Waals surface area contributed by atoms with Crippen LogP contribution in [0, 0.1) is 0 Å². The highest BCUT2D eigenvalue weighted by atomic mass is 32.1. The largest absolute Gasteiger partial charge is 0.278 e. The molecule has 0 N–H and O–H groups in total. The highest BCUT2D eigenvalue weighted by molar-refractivity contribution is 7.25. The van der Waals surface area contributed by atoms with Crippen LogP contribution in [-0.2, 0) is 6.42 Å². The van der Waals surface area contributed by atoms with Crippen LogP contribution in [0.5, 0.6) is 0 Å². The summed E-state index contributed by atoms with van der Waals surface area (Å²) in [6.45, 7) is 0. The molecule has 67 heavy (non-hydrogen) atoms. The smallest absolute Gasteiger partial charge is 0.235 e. The van der Waals surface area contributed by atoms with Gasteiger partial charge in [-0.25, -0.2) is 19.9 Å². The Morgan fingerprint density at radius 3 is 1.85 bits per heavy atom. The summed E-state index contributed by atoms with van der Waals surface area (Å²) in [5.74, 6) is 1.40. The van der Waals surface area contributed by atoms with Crippen LogP contribution < -0.4 is 0 Å². The van der Waals surface area contributed by atoms with Gasteiger partial charge in [-0.05, 0) is 101 Å². The molecular formula is C60H37N5S2. The number of hydrogen-bond acceptors (Lipinski definition) is 6. The first-order valence-corrected chi connectivity index (χ1v) is 24.3. The second-order valence-electron chi connectivity index (χ2n) is 17.3. The number of rotatable bonds is 6. The second-order valence-corrected chi connectivity index (χ2v) is 19.4. The fraction of sp³-hybridized carbons (Fsp3) is 0.0333. The van der Waals surface area contributed by atoms with E-state index < -0.39 is 0 Å². The Bertz CT molecular complexity index is 4150. The van der Waals surface area contributed by atoms with Crippen LogP contribution in [0.3, 0.4) is 0 Å². The molecule has 1 aliphatic rings. The zero-order chi connectivity index (χ0) is 44.0. The summed E-state index contributed by atoms with van der Waals surface area (Å²) in [5.41, 5.74) is 15.3. The third kappa shape index (κ3) is 6.27. The highest BCUT2D eigenvalue weighted by Gasteiger charge is 2.22. The maximum absolute atomic E-state index is 5.37. The third-order valence-electron chi connectivity index (χ3n) is 13.3. The van der Waals surface area contributed by atoms with Crippen LogP contribution in [0.25, 0.3) is 131 Å². The average Bonchev–Trinajstić information content (AvgIpc) is 4.10. The van der Waals surface area contributed by atoms with Crippen LogP contribution in [0.4, 0.5) is 0 Å².